The molecule has 2 aliphatic rings. The molecule has 5 heterocycles. The topological polar surface area (TPSA) is 267 Å². The lowest BCUT2D eigenvalue weighted by atomic mass is 9.80. The van der Waals surface area contributed by atoms with E-state index < -0.39 is 120 Å². The van der Waals surface area contributed by atoms with E-state index in [4.69, 9.17) is 28.4 Å². The molecule has 83 heavy (non-hydrogen) atoms. The van der Waals surface area contributed by atoms with Gasteiger partial charge in [0.15, 0.2) is 37.1 Å². The average molecular weight is 1170 g/mol. The lowest BCUT2D eigenvalue weighted by Gasteiger charge is -2.44. The van der Waals surface area contributed by atoms with Crippen molar-refractivity contribution in [2.45, 2.75) is 134 Å². The lowest BCUT2D eigenvalue weighted by molar-refractivity contribution is -0.138. The van der Waals surface area contributed by atoms with Gasteiger partial charge in [-0.3, -0.25) is 43.6 Å². The minimum Gasteiger partial charge on any atom is -0.497 e. The Morgan fingerprint density at radius 2 is 1.43 bits per heavy atom. The molecule has 24 heteroatoms. The normalized spacial score (nSPS) is 21.1. The zero-order valence-corrected chi connectivity index (χ0v) is 49.5. The number of benzene rings is 3. The van der Waals surface area contributed by atoms with Crippen LogP contribution in [0.25, 0.3) is 11.2 Å². The van der Waals surface area contributed by atoms with Crippen LogP contribution in [0.15, 0.2) is 112 Å². The molecule has 3 N–H and O–H groups in total. The second kappa shape index (κ2) is 26.1. The number of halogens is 1. The number of ether oxygens (including phenoxy) is 6. The van der Waals surface area contributed by atoms with Crippen molar-refractivity contribution in [3.8, 4) is 17.6 Å². The minimum atomic E-state index is -3.47. The number of amides is 2. The first kappa shape index (κ1) is 61.7. The average Bonchev–Trinajstić information content (AvgIpc) is 3.04. The smallest absolute Gasteiger partial charge is 0.330 e. The molecule has 444 valence electrons. The number of carbonyl (C=O) groups excluding carboxylic acids is 2. The molecule has 0 radical (unpaired) electrons. The zero-order valence-electron chi connectivity index (χ0n) is 48.6. The highest BCUT2D eigenvalue weighted by Gasteiger charge is 2.56. The third-order valence-electron chi connectivity index (χ3n) is 15.7. The van der Waals surface area contributed by atoms with Gasteiger partial charge in [0, 0.05) is 74.5 Å². The van der Waals surface area contributed by atoms with Gasteiger partial charge < -0.3 is 37.9 Å². The number of nitrogens with zero attached hydrogens (tertiary/aromatic N) is 7. The number of nitriles is 1. The van der Waals surface area contributed by atoms with E-state index in [9.17, 15) is 24.4 Å². The molecule has 8 rings (SSSR count). The third kappa shape index (κ3) is 12.4. The Morgan fingerprint density at radius 1 is 0.831 bits per heavy atom. The number of carbonyl (C=O) groups is 2. The van der Waals surface area contributed by atoms with Crippen LogP contribution in [0.2, 0.25) is 0 Å². The standard InChI is InChI=1S/C59H74FN10O12P/c1-34(2)53(73)65-57-64-52-49(54(74)66-57)62-33-69(52)56-51(79-11)50(70(28-15-27-61)83(76,36(5)6)37(7)8)44(81-56)31-68(35(3)4)47(72)30-43-45(82-55(48(43)60)67-29-26-46(71)63-58(67)75)32-80-59(38-16-13-12-14-17-38,39-18-22-41(77-9)23-19-39)40-20-24-42(78-10)25-21-40/h12-14,16-26,29,33-37,43-45,48,50-51,55-56H,15,28,30-32H2,1-11H3,(H,63,71,75)(H2,64,65,66,73,74)/t43-,44-,45-,48-,50-,51-,55-,56-/m1/s1. The van der Waals surface area contributed by atoms with E-state index in [0.717, 1.165) is 16.8 Å². The Kier molecular flexibility index (Phi) is 19.4. The molecule has 0 spiro atoms. The third-order valence-corrected chi connectivity index (χ3v) is 19.9. The van der Waals surface area contributed by atoms with Crippen molar-refractivity contribution in [2.24, 2.45) is 11.8 Å². The van der Waals surface area contributed by atoms with Crippen molar-refractivity contribution >= 4 is 36.2 Å². The van der Waals surface area contributed by atoms with Crippen molar-refractivity contribution in [3.63, 3.8) is 0 Å². The highest BCUT2D eigenvalue weighted by atomic mass is 31.2. The van der Waals surface area contributed by atoms with Gasteiger partial charge in [-0.25, -0.2) is 18.8 Å². The molecule has 22 nitrogen and oxygen atoms in total. The van der Waals surface area contributed by atoms with E-state index in [1.54, 1.807) is 70.9 Å². The van der Waals surface area contributed by atoms with Gasteiger partial charge in [0.05, 0.1) is 51.5 Å². The van der Waals surface area contributed by atoms with Gasteiger partial charge >= 0.3 is 5.69 Å². The van der Waals surface area contributed by atoms with Crippen LogP contribution >= 0.6 is 7.29 Å². The van der Waals surface area contributed by atoms with Crippen LogP contribution in [0.3, 0.4) is 0 Å². The van der Waals surface area contributed by atoms with Crippen LogP contribution in [-0.2, 0) is 38.7 Å². The summed E-state index contributed by atoms with van der Waals surface area (Å²) in [6.07, 6.45) is -6.09. The predicted molar refractivity (Wildman–Crippen MR) is 308 cm³/mol. The van der Waals surface area contributed by atoms with Crippen molar-refractivity contribution in [2.75, 3.05) is 46.3 Å². The Morgan fingerprint density at radius 3 is 1.98 bits per heavy atom. The van der Waals surface area contributed by atoms with Crippen molar-refractivity contribution in [1.82, 2.24) is 38.6 Å². The van der Waals surface area contributed by atoms with Crippen molar-refractivity contribution in [3.05, 3.63) is 145 Å². The number of hydrogen-bond acceptors (Lipinski definition) is 15. The quantitative estimate of drug-likeness (QED) is 0.0395. The molecule has 2 aliphatic heterocycles. The summed E-state index contributed by atoms with van der Waals surface area (Å²) in [5.74, 6) is -1.63. The van der Waals surface area contributed by atoms with Crippen LogP contribution in [-0.4, -0.2) is 139 Å². The molecule has 8 atom stereocenters. The molecular formula is C59H74FN10O12P. The van der Waals surface area contributed by atoms with Gasteiger partial charge in [0.25, 0.3) is 11.1 Å². The van der Waals surface area contributed by atoms with Crippen LogP contribution in [0.5, 0.6) is 11.5 Å². The first-order chi connectivity index (χ1) is 39.6. The van der Waals surface area contributed by atoms with Gasteiger partial charge in [-0.05, 0) is 54.8 Å². The van der Waals surface area contributed by atoms with Crippen molar-refractivity contribution in [1.29, 1.82) is 5.26 Å². The van der Waals surface area contributed by atoms with Crippen LogP contribution in [0, 0.1) is 23.2 Å². The van der Waals surface area contributed by atoms with E-state index in [0.29, 0.717) is 28.2 Å². The Balaban J connectivity index is 1.21. The number of aromatic amines is 2. The molecule has 2 amide bonds. The van der Waals surface area contributed by atoms with Gasteiger partial charge in [-0.2, -0.15) is 10.2 Å². The molecule has 6 aromatic rings. The van der Waals surface area contributed by atoms with E-state index in [1.165, 1.54) is 22.9 Å². The SMILES string of the molecule is COc1ccc(C(OC[C@H]2O[C@@H](n3ccc(=O)[nH]c3=O)[C@H](F)[C@@H]2CC(=O)N(C[C@H]2O[C@@H](n3cnc4c(=O)[nH]c(NC(=O)C(C)C)nc43)[C@H](OC)[C@@H]2N(CCC#N)P(=O)(C(C)C)C(C)C)C(C)C)(c2ccccc2)c2ccc(OC)cc2)cc1. The fourth-order valence-corrected chi connectivity index (χ4v) is 14.9. The number of fused-ring (bicyclic) bond motifs is 1. The fraction of sp³-hybridized carbons (Fsp3) is 0.492. The number of hydrogen-bond donors (Lipinski definition) is 3. The van der Waals surface area contributed by atoms with Crippen LogP contribution in [0.1, 0.15) is 97.4 Å². The van der Waals surface area contributed by atoms with Gasteiger partial charge in [-0.1, -0.05) is 96.1 Å². The molecule has 2 fully saturated rings. The van der Waals surface area contributed by atoms with E-state index in [1.807, 2.05) is 82.3 Å². The summed E-state index contributed by atoms with van der Waals surface area (Å²) in [6, 6.07) is 25.8. The van der Waals surface area contributed by atoms with Gasteiger partial charge in [0.1, 0.15) is 23.2 Å². The number of aromatic nitrogens is 6. The summed E-state index contributed by atoms with van der Waals surface area (Å²) in [5.41, 5.74) is -2.53. The number of rotatable bonds is 24. The Bertz CT molecular complexity index is 3430. The first-order valence-electron chi connectivity index (χ1n) is 27.7. The molecular weight excluding hydrogens is 1090 g/mol. The monoisotopic (exact) mass is 1160 g/mol. The largest absolute Gasteiger partial charge is 0.497 e. The summed E-state index contributed by atoms with van der Waals surface area (Å²) in [6.45, 7) is 13.9. The van der Waals surface area contributed by atoms with E-state index in [2.05, 4.69) is 31.3 Å². The lowest BCUT2D eigenvalue weighted by Crippen LogP contribution is -2.53. The molecule has 2 saturated heterocycles. The molecule has 3 aromatic carbocycles. The summed E-state index contributed by atoms with van der Waals surface area (Å²) in [4.78, 5) is 82.9. The number of H-pyrrole nitrogens is 2. The Labute approximate surface area is 480 Å². The number of nitrogens with one attached hydrogen (secondary N) is 3. The van der Waals surface area contributed by atoms with Gasteiger partial charge in [0.2, 0.25) is 17.8 Å². The number of imidazole rings is 1. The minimum absolute atomic E-state index is 0.0263. The first-order valence-corrected chi connectivity index (χ1v) is 29.5. The maximum absolute atomic E-state index is 17.8. The summed E-state index contributed by atoms with van der Waals surface area (Å²) >= 11 is 0. The fourth-order valence-electron chi connectivity index (χ4n) is 11.4. The molecule has 0 aliphatic carbocycles. The van der Waals surface area contributed by atoms with E-state index >= 15 is 13.8 Å². The predicted octanol–water partition coefficient (Wildman–Crippen LogP) is 7.36. The molecule has 0 bridgehead atoms. The maximum atomic E-state index is 17.8. The second-order valence-corrected chi connectivity index (χ2v) is 25.8. The second-order valence-electron chi connectivity index (χ2n) is 21.9. The maximum Gasteiger partial charge on any atom is 0.330 e. The summed E-state index contributed by atoms with van der Waals surface area (Å²) in [5, 5.41) is 12.7. The molecule has 3 aromatic heterocycles. The number of methoxy groups -OCH3 is 3. The van der Waals surface area contributed by atoms with Crippen molar-refractivity contribution < 1.29 is 47.0 Å². The summed E-state index contributed by atoms with van der Waals surface area (Å²) < 4.78 is 76.1. The van der Waals surface area contributed by atoms with Crippen LogP contribution < -0.4 is 31.6 Å². The number of anilines is 1. The Hall–Kier alpha value is -7.32. The highest BCUT2D eigenvalue weighted by Crippen LogP contribution is 2.61. The zero-order chi connectivity index (χ0) is 60.1. The highest BCUT2D eigenvalue weighted by molar-refractivity contribution is 7.62. The van der Waals surface area contributed by atoms with E-state index in [-0.39, 0.29) is 43.2 Å². The van der Waals surface area contributed by atoms with Gasteiger partial charge in [-0.15, -0.1) is 0 Å². The molecule has 0 unspecified atom stereocenters. The number of alkyl halides is 1. The summed E-state index contributed by atoms with van der Waals surface area (Å²) in [7, 11) is 1.10. The van der Waals surface area contributed by atoms with Crippen LogP contribution in [0.4, 0.5) is 10.3 Å². The molecule has 0 saturated carbocycles.